The molecule has 0 aromatic carbocycles. The minimum atomic E-state index is -1.36. The SMILES string of the molecule is CC(O)(CO)c1ncc(Br)cn1. The van der Waals surface area contributed by atoms with E-state index in [-0.39, 0.29) is 5.82 Å². The van der Waals surface area contributed by atoms with E-state index in [2.05, 4.69) is 25.9 Å². The fourth-order valence-corrected chi connectivity index (χ4v) is 0.866. The Morgan fingerprint density at radius 3 is 2.42 bits per heavy atom. The molecule has 0 radical (unpaired) electrons. The molecule has 1 heterocycles. The highest BCUT2D eigenvalue weighted by molar-refractivity contribution is 9.10. The lowest BCUT2D eigenvalue weighted by Crippen LogP contribution is -2.28. The van der Waals surface area contributed by atoms with Gasteiger partial charge in [0.1, 0.15) is 5.60 Å². The number of aliphatic hydroxyl groups excluding tert-OH is 1. The van der Waals surface area contributed by atoms with Crippen molar-refractivity contribution in [3.8, 4) is 0 Å². The van der Waals surface area contributed by atoms with E-state index < -0.39 is 12.2 Å². The van der Waals surface area contributed by atoms with E-state index in [0.717, 1.165) is 4.47 Å². The predicted molar refractivity (Wildman–Crippen MR) is 46.4 cm³/mol. The zero-order valence-electron chi connectivity index (χ0n) is 6.53. The molecule has 12 heavy (non-hydrogen) atoms. The molecular formula is C7H9BrN2O2. The molecule has 2 N–H and O–H groups in total. The molecule has 0 amide bonds. The summed E-state index contributed by atoms with van der Waals surface area (Å²) in [6.45, 7) is 1.06. The summed E-state index contributed by atoms with van der Waals surface area (Å²) in [5.74, 6) is 0.216. The van der Waals surface area contributed by atoms with Crippen LogP contribution in [0.1, 0.15) is 12.7 Å². The lowest BCUT2D eigenvalue weighted by molar-refractivity contribution is -0.00975. The molecule has 1 rings (SSSR count). The van der Waals surface area contributed by atoms with Crippen molar-refractivity contribution < 1.29 is 10.2 Å². The van der Waals surface area contributed by atoms with Crippen LogP contribution >= 0.6 is 15.9 Å². The Hall–Kier alpha value is -0.520. The number of hydrogen-bond donors (Lipinski definition) is 2. The van der Waals surface area contributed by atoms with Gasteiger partial charge in [-0.2, -0.15) is 0 Å². The van der Waals surface area contributed by atoms with Gasteiger partial charge in [0.05, 0.1) is 11.1 Å². The highest BCUT2D eigenvalue weighted by atomic mass is 79.9. The van der Waals surface area contributed by atoms with Gasteiger partial charge >= 0.3 is 0 Å². The molecule has 1 unspecified atom stereocenters. The van der Waals surface area contributed by atoms with E-state index in [1.54, 1.807) is 0 Å². The first kappa shape index (κ1) is 9.57. The van der Waals surface area contributed by atoms with Crippen LogP contribution in [0.3, 0.4) is 0 Å². The Bertz CT molecular complexity index is 261. The molecule has 0 aliphatic heterocycles. The van der Waals surface area contributed by atoms with Crippen LogP contribution in [0.5, 0.6) is 0 Å². The molecule has 0 bridgehead atoms. The monoisotopic (exact) mass is 232 g/mol. The maximum atomic E-state index is 9.50. The summed E-state index contributed by atoms with van der Waals surface area (Å²) in [5.41, 5.74) is -1.36. The van der Waals surface area contributed by atoms with Gasteiger partial charge in [0, 0.05) is 12.4 Å². The Kier molecular flexibility index (Phi) is 2.76. The number of nitrogens with zero attached hydrogens (tertiary/aromatic N) is 2. The lowest BCUT2D eigenvalue weighted by Gasteiger charge is -2.17. The van der Waals surface area contributed by atoms with Crippen LogP contribution in [0, 0.1) is 0 Å². The molecule has 0 aliphatic rings. The van der Waals surface area contributed by atoms with E-state index in [0.29, 0.717) is 0 Å². The molecule has 1 aromatic rings. The van der Waals surface area contributed by atoms with Crippen molar-refractivity contribution in [2.75, 3.05) is 6.61 Å². The van der Waals surface area contributed by atoms with Gasteiger partial charge in [-0.05, 0) is 22.9 Å². The Balaban J connectivity index is 2.96. The second-order valence-corrected chi connectivity index (χ2v) is 3.57. The van der Waals surface area contributed by atoms with Gasteiger partial charge < -0.3 is 10.2 Å². The maximum absolute atomic E-state index is 9.50. The molecule has 0 fully saturated rings. The third kappa shape index (κ3) is 2.00. The quantitative estimate of drug-likeness (QED) is 0.777. The highest BCUT2D eigenvalue weighted by Gasteiger charge is 2.24. The third-order valence-electron chi connectivity index (χ3n) is 1.41. The standard InChI is InChI=1S/C7H9BrN2O2/c1-7(12,4-11)6-9-2-5(8)3-10-6/h2-3,11-12H,4H2,1H3. The van der Waals surface area contributed by atoms with Crippen molar-refractivity contribution in [1.82, 2.24) is 9.97 Å². The number of aromatic nitrogens is 2. The zero-order chi connectivity index (χ0) is 9.19. The first-order valence-corrected chi connectivity index (χ1v) is 4.17. The van der Waals surface area contributed by atoms with Crippen LogP contribution in [-0.2, 0) is 5.60 Å². The van der Waals surface area contributed by atoms with Gasteiger partial charge in [0.15, 0.2) is 5.82 Å². The molecule has 66 valence electrons. The van der Waals surface area contributed by atoms with Crippen molar-refractivity contribution in [2.45, 2.75) is 12.5 Å². The second-order valence-electron chi connectivity index (χ2n) is 2.66. The molecule has 0 saturated carbocycles. The lowest BCUT2D eigenvalue weighted by atomic mass is 10.1. The van der Waals surface area contributed by atoms with Crippen molar-refractivity contribution >= 4 is 15.9 Å². The molecular weight excluding hydrogens is 224 g/mol. The highest BCUT2D eigenvalue weighted by Crippen LogP contribution is 2.15. The van der Waals surface area contributed by atoms with Gasteiger partial charge in [-0.25, -0.2) is 9.97 Å². The summed E-state index contributed by atoms with van der Waals surface area (Å²) in [5, 5.41) is 18.3. The van der Waals surface area contributed by atoms with Crippen LogP contribution in [0.4, 0.5) is 0 Å². The smallest absolute Gasteiger partial charge is 0.162 e. The molecule has 1 aromatic heterocycles. The number of aliphatic hydroxyl groups is 2. The largest absolute Gasteiger partial charge is 0.393 e. The zero-order valence-corrected chi connectivity index (χ0v) is 8.11. The van der Waals surface area contributed by atoms with Crippen LogP contribution in [0.15, 0.2) is 16.9 Å². The molecule has 5 heteroatoms. The van der Waals surface area contributed by atoms with Crippen LogP contribution < -0.4 is 0 Å². The first-order chi connectivity index (χ1) is 5.56. The summed E-state index contributed by atoms with van der Waals surface area (Å²) in [6, 6.07) is 0. The van der Waals surface area contributed by atoms with Crippen molar-refractivity contribution in [3.63, 3.8) is 0 Å². The maximum Gasteiger partial charge on any atom is 0.162 e. The van der Waals surface area contributed by atoms with Gasteiger partial charge in [-0.15, -0.1) is 0 Å². The normalized spacial score (nSPS) is 15.7. The van der Waals surface area contributed by atoms with Crippen LogP contribution in [-0.4, -0.2) is 26.8 Å². The van der Waals surface area contributed by atoms with E-state index in [4.69, 9.17) is 5.11 Å². The van der Waals surface area contributed by atoms with E-state index in [1.807, 2.05) is 0 Å². The van der Waals surface area contributed by atoms with Crippen molar-refractivity contribution in [3.05, 3.63) is 22.7 Å². The van der Waals surface area contributed by atoms with E-state index in [1.165, 1.54) is 19.3 Å². The van der Waals surface area contributed by atoms with Gasteiger partial charge in [-0.3, -0.25) is 0 Å². The van der Waals surface area contributed by atoms with E-state index >= 15 is 0 Å². The van der Waals surface area contributed by atoms with Crippen LogP contribution in [0.25, 0.3) is 0 Å². The molecule has 0 aliphatic carbocycles. The van der Waals surface area contributed by atoms with E-state index in [9.17, 15) is 5.11 Å². The topological polar surface area (TPSA) is 66.2 Å². The summed E-state index contributed by atoms with van der Waals surface area (Å²) in [6.07, 6.45) is 3.04. The van der Waals surface area contributed by atoms with Crippen LogP contribution in [0.2, 0.25) is 0 Å². The Morgan fingerprint density at radius 2 is 2.00 bits per heavy atom. The Labute approximate surface area is 78.4 Å². The minimum Gasteiger partial charge on any atom is -0.393 e. The molecule has 4 nitrogen and oxygen atoms in total. The van der Waals surface area contributed by atoms with Gasteiger partial charge in [0.25, 0.3) is 0 Å². The fourth-order valence-electron chi connectivity index (χ4n) is 0.661. The molecule has 1 atom stereocenters. The Morgan fingerprint density at radius 1 is 1.50 bits per heavy atom. The van der Waals surface area contributed by atoms with Crippen molar-refractivity contribution in [1.29, 1.82) is 0 Å². The average Bonchev–Trinajstić information content (AvgIpc) is 2.05. The first-order valence-electron chi connectivity index (χ1n) is 3.37. The third-order valence-corrected chi connectivity index (χ3v) is 1.82. The van der Waals surface area contributed by atoms with Crippen molar-refractivity contribution in [2.24, 2.45) is 0 Å². The molecule has 0 saturated heterocycles. The second kappa shape index (κ2) is 3.47. The summed E-state index contributed by atoms with van der Waals surface area (Å²) < 4.78 is 0.736. The summed E-state index contributed by atoms with van der Waals surface area (Å²) in [4.78, 5) is 7.71. The predicted octanol–water partition coefficient (Wildman–Crippen LogP) is 0.439. The minimum absolute atomic E-state index is 0.216. The fraction of sp³-hybridized carbons (Fsp3) is 0.429. The average molecular weight is 233 g/mol. The molecule has 0 spiro atoms. The van der Waals surface area contributed by atoms with Gasteiger partial charge in [0.2, 0.25) is 0 Å². The summed E-state index contributed by atoms with van der Waals surface area (Å²) >= 11 is 3.16. The number of halogens is 1. The van der Waals surface area contributed by atoms with Gasteiger partial charge in [-0.1, -0.05) is 0 Å². The summed E-state index contributed by atoms with van der Waals surface area (Å²) in [7, 11) is 0. The number of rotatable bonds is 2. The number of hydrogen-bond acceptors (Lipinski definition) is 4.